The van der Waals surface area contributed by atoms with E-state index in [1.807, 2.05) is 0 Å². The molecule has 2 heterocycles. The van der Waals surface area contributed by atoms with Gasteiger partial charge in [-0.05, 0) is 35.8 Å². The first-order chi connectivity index (χ1) is 11.9. The lowest BCUT2D eigenvalue weighted by Gasteiger charge is -2.54. The van der Waals surface area contributed by atoms with Crippen LogP contribution in [0.15, 0.2) is 60.7 Å². The van der Waals surface area contributed by atoms with Crippen LogP contribution in [0.3, 0.4) is 0 Å². The molecule has 2 aromatic rings. The summed E-state index contributed by atoms with van der Waals surface area (Å²) in [6, 6.07) is 23.5. The van der Waals surface area contributed by atoms with Crippen LogP contribution in [0.25, 0.3) is 0 Å². The van der Waals surface area contributed by atoms with Gasteiger partial charge in [0.2, 0.25) is 0 Å². The molecule has 4 unspecified atom stereocenters. The van der Waals surface area contributed by atoms with Gasteiger partial charge in [-0.2, -0.15) is 0 Å². The van der Waals surface area contributed by atoms with Gasteiger partial charge in [0.1, 0.15) is 0 Å². The molecule has 2 bridgehead atoms. The second kappa shape index (κ2) is 6.02. The van der Waals surface area contributed by atoms with Crippen LogP contribution in [-0.4, -0.2) is 30.1 Å². The molecule has 24 heavy (non-hydrogen) atoms. The Morgan fingerprint density at radius 1 is 0.833 bits per heavy atom. The molecular weight excluding hydrogens is 292 g/mol. The number of hydrogen-bond acceptors (Lipinski definition) is 2. The van der Waals surface area contributed by atoms with Crippen LogP contribution in [0.2, 0.25) is 0 Å². The van der Waals surface area contributed by atoms with Crippen LogP contribution in [0.4, 0.5) is 0 Å². The highest BCUT2D eigenvalue weighted by Crippen LogP contribution is 2.46. The van der Waals surface area contributed by atoms with Crippen LogP contribution < -0.4 is 5.32 Å². The first kappa shape index (κ1) is 14.7. The molecule has 2 aliphatic heterocycles. The third kappa shape index (κ3) is 2.78. The number of hydrogen-bond donors (Lipinski definition) is 1. The summed E-state index contributed by atoms with van der Waals surface area (Å²) in [5.41, 5.74) is 2.97. The van der Waals surface area contributed by atoms with Crippen molar-refractivity contribution in [2.75, 3.05) is 13.1 Å². The van der Waals surface area contributed by atoms with Gasteiger partial charge in [-0.1, -0.05) is 60.7 Å². The topological polar surface area (TPSA) is 15.3 Å². The highest BCUT2D eigenvalue weighted by molar-refractivity contribution is 5.28. The van der Waals surface area contributed by atoms with Gasteiger partial charge >= 0.3 is 0 Å². The Kier molecular flexibility index (Phi) is 3.68. The third-order valence-corrected chi connectivity index (χ3v) is 6.28. The molecular formula is C22H26N2. The van der Waals surface area contributed by atoms with Gasteiger partial charge in [0.25, 0.3) is 0 Å². The molecule has 124 valence electrons. The van der Waals surface area contributed by atoms with Crippen LogP contribution in [0.1, 0.15) is 29.9 Å². The summed E-state index contributed by atoms with van der Waals surface area (Å²) in [7, 11) is 0. The molecule has 0 amide bonds. The van der Waals surface area contributed by atoms with Crippen molar-refractivity contribution < 1.29 is 0 Å². The van der Waals surface area contributed by atoms with E-state index >= 15 is 0 Å². The minimum absolute atomic E-state index is 0.725. The van der Waals surface area contributed by atoms with Gasteiger partial charge in [0.05, 0.1) is 0 Å². The summed E-state index contributed by atoms with van der Waals surface area (Å²) >= 11 is 0. The van der Waals surface area contributed by atoms with E-state index < -0.39 is 0 Å². The SMILES string of the molecule is c1ccc(CN2CC3CC(C2)C3NC2CC2c2ccccc2)cc1. The zero-order valence-corrected chi connectivity index (χ0v) is 14.1. The van der Waals surface area contributed by atoms with Crippen molar-refractivity contribution >= 4 is 0 Å². The minimum Gasteiger partial charge on any atom is -0.310 e. The van der Waals surface area contributed by atoms with E-state index in [0.29, 0.717) is 0 Å². The minimum atomic E-state index is 0.725. The van der Waals surface area contributed by atoms with Gasteiger partial charge in [0, 0.05) is 37.6 Å². The second-order valence-electron chi connectivity index (χ2n) is 7.99. The molecule has 0 radical (unpaired) electrons. The van der Waals surface area contributed by atoms with Crippen molar-refractivity contribution in [1.82, 2.24) is 10.2 Å². The fraction of sp³-hybridized carbons (Fsp3) is 0.455. The maximum atomic E-state index is 4.00. The van der Waals surface area contributed by atoms with E-state index in [0.717, 1.165) is 36.4 Å². The van der Waals surface area contributed by atoms with Gasteiger partial charge in [-0.25, -0.2) is 0 Å². The summed E-state index contributed by atoms with van der Waals surface area (Å²) < 4.78 is 0. The van der Waals surface area contributed by atoms with E-state index in [2.05, 4.69) is 70.9 Å². The number of rotatable bonds is 5. The molecule has 2 saturated carbocycles. The fourth-order valence-corrected chi connectivity index (χ4v) is 4.92. The van der Waals surface area contributed by atoms with Crippen molar-refractivity contribution in [3.8, 4) is 0 Å². The van der Waals surface area contributed by atoms with Crippen molar-refractivity contribution in [3.63, 3.8) is 0 Å². The molecule has 4 aliphatic rings. The number of nitrogens with one attached hydrogen (secondary N) is 1. The van der Waals surface area contributed by atoms with Crippen molar-refractivity contribution in [2.45, 2.75) is 37.4 Å². The quantitative estimate of drug-likeness (QED) is 0.905. The molecule has 2 nitrogen and oxygen atoms in total. The van der Waals surface area contributed by atoms with E-state index in [1.54, 1.807) is 0 Å². The maximum absolute atomic E-state index is 4.00. The fourth-order valence-electron chi connectivity index (χ4n) is 4.92. The smallest absolute Gasteiger partial charge is 0.0233 e. The summed E-state index contributed by atoms with van der Waals surface area (Å²) in [6.45, 7) is 3.66. The Labute approximate surface area is 144 Å². The summed E-state index contributed by atoms with van der Waals surface area (Å²) in [5, 5.41) is 4.00. The average molecular weight is 318 g/mol. The molecule has 6 rings (SSSR count). The molecule has 1 N–H and O–H groups in total. The van der Waals surface area contributed by atoms with Gasteiger partial charge in [-0.15, -0.1) is 0 Å². The van der Waals surface area contributed by atoms with E-state index in [-0.39, 0.29) is 0 Å². The van der Waals surface area contributed by atoms with Crippen LogP contribution >= 0.6 is 0 Å². The first-order valence-electron chi connectivity index (χ1n) is 9.44. The predicted octanol–water partition coefficient (Wildman–Crippen LogP) is 3.65. The molecule has 2 aromatic carbocycles. The Hall–Kier alpha value is -1.64. The lowest BCUT2D eigenvalue weighted by molar-refractivity contribution is -0.0195. The molecule has 2 saturated heterocycles. The average Bonchev–Trinajstić information content (AvgIpc) is 3.41. The van der Waals surface area contributed by atoms with Gasteiger partial charge < -0.3 is 5.32 Å². The predicted molar refractivity (Wildman–Crippen MR) is 97.8 cm³/mol. The van der Waals surface area contributed by atoms with Crippen molar-refractivity contribution in [3.05, 3.63) is 71.8 Å². The number of fused-ring (bicyclic) bond motifs is 2. The molecule has 2 heteroatoms. The molecule has 0 spiro atoms. The molecule has 4 atom stereocenters. The standard InChI is InChI=1S/C22H26N2/c1-3-7-16(8-4-1)13-24-14-18-11-19(15-24)22(18)23-21-12-20(21)17-9-5-2-6-10-17/h1-10,18-23H,11-15H2. The Bertz CT molecular complexity index is 672. The largest absolute Gasteiger partial charge is 0.310 e. The van der Waals surface area contributed by atoms with Crippen LogP contribution in [0.5, 0.6) is 0 Å². The van der Waals surface area contributed by atoms with Gasteiger partial charge in [0.15, 0.2) is 0 Å². The monoisotopic (exact) mass is 318 g/mol. The second-order valence-corrected chi connectivity index (χ2v) is 7.99. The van der Waals surface area contributed by atoms with Crippen molar-refractivity contribution in [2.24, 2.45) is 11.8 Å². The summed E-state index contributed by atoms with van der Waals surface area (Å²) in [4.78, 5) is 2.66. The van der Waals surface area contributed by atoms with Crippen LogP contribution in [0, 0.1) is 11.8 Å². The van der Waals surface area contributed by atoms with Gasteiger partial charge in [-0.3, -0.25) is 4.90 Å². The lowest BCUT2D eigenvalue weighted by Crippen LogP contribution is -2.63. The summed E-state index contributed by atoms with van der Waals surface area (Å²) in [5.74, 6) is 2.49. The lowest BCUT2D eigenvalue weighted by atomic mass is 9.66. The number of benzene rings is 2. The Morgan fingerprint density at radius 2 is 1.50 bits per heavy atom. The van der Waals surface area contributed by atoms with E-state index in [9.17, 15) is 0 Å². The Morgan fingerprint density at radius 3 is 2.21 bits per heavy atom. The third-order valence-electron chi connectivity index (χ3n) is 6.28. The molecule has 0 aromatic heterocycles. The zero-order chi connectivity index (χ0) is 15.9. The number of piperidine rings is 2. The first-order valence-corrected chi connectivity index (χ1v) is 9.44. The number of nitrogens with zero attached hydrogens (tertiary/aromatic N) is 1. The van der Waals surface area contributed by atoms with Crippen LogP contribution in [-0.2, 0) is 6.54 Å². The highest BCUT2D eigenvalue weighted by Gasteiger charge is 2.50. The van der Waals surface area contributed by atoms with E-state index in [4.69, 9.17) is 0 Å². The molecule has 4 fully saturated rings. The molecule has 2 aliphatic carbocycles. The highest BCUT2D eigenvalue weighted by atomic mass is 15.2. The van der Waals surface area contributed by atoms with Crippen molar-refractivity contribution in [1.29, 1.82) is 0 Å². The Balaban J connectivity index is 1.15. The van der Waals surface area contributed by atoms with E-state index in [1.165, 1.54) is 37.1 Å². The zero-order valence-electron chi connectivity index (χ0n) is 14.1. The normalized spacial score (nSPS) is 34.6. The maximum Gasteiger partial charge on any atom is 0.0233 e. The summed E-state index contributed by atoms with van der Waals surface area (Å²) in [6.07, 6.45) is 2.76.